The maximum absolute atomic E-state index is 11.1. The standard InChI is InChI=1S/C15H17NO3/c1-3-16(4-2)12-5-6-13-14(9-18)11(8-17)10-19-15(13)7-12/h5-9H,3-4,10H2,1-2H3. The van der Waals surface area contributed by atoms with E-state index in [1.165, 1.54) is 0 Å². The van der Waals surface area contributed by atoms with Crippen LogP contribution in [0.3, 0.4) is 0 Å². The van der Waals surface area contributed by atoms with Crippen LogP contribution in [-0.2, 0) is 9.59 Å². The van der Waals surface area contributed by atoms with Crippen LogP contribution in [0.4, 0.5) is 5.69 Å². The van der Waals surface area contributed by atoms with Crippen LogP contribution in [0, 0.1) is 0 Å². The van der Waals surface area contributed by atoms with E-state index in [-0.39, 0.29) is 6.61 Å². The Hall–Kier alpha value is -2.10. The molecule has 1 aliphatic heterocycles. The molecule has 0 atom stereocenters. The highest BCUT2D eigenvalue weighted by Gasteiger charge is 2.20. The second-order valence-electron chi connectivity index (χ2n) is 4.32. The van der Waals surface area contributed by atoms with Crippen molar-refractivity contribution in [3.05, 3.63) is 29.3 Å². The van der Waals surface area contributed by atoms with Gasteiger partial charge in [0.05, 0.1) is 0 Å². The first-order valence-corrected chi connectivity index (χ1v) is 6.40. The van der Waals surface area contributed by atoms with Crippen LogP contribution < -0.4 is 9.64 Å². The third-order valence-electron chi connectivity index (χ3n) is 3.37. The normalized spacial score (nSPS) is 13.6. The molecule has 2 rings (SSSR count). The van der Waals surface area contributed by atoms with E-state index in [0.29, 0.717) is 28.7 Å². The molecule has 1 heterocycles. The average Bonchev–Trinajstić information content (AvgIpc) is 2.47. The number of hydrogen-bond acceptors (Lipinski definition) is 4. The molecule has 0 saturated heterocycles. The van der Waals surface area contributed by atoms with Crippen LogP contribution in [-0.4, -0.2) is 32.3 Å². The summed E-state index contributed by atoms with van der Waals surface area (Å²) >= 11 is 0. The summed E-state index contributed by atoms with van der Waals surface area (Å²) in [6.45, 7) is 6.15. The monoisotopic (exact) mass is 259 g/mol. The Labute approximate surface area is 112 Å². The summed E-state index contributed by atoms with van der Waals surface area (Å²) in [7, 11) is 0. The second-order valence-corrected chi connectivity index (χ2v) is 4.32. The lowest BCUT2D eigenvalue weighted by Crippen LogP contribution is -2.22. The van der Waals surface area contributed by atoms with Gasteiger partial charge in [0.2, 0.25) is 0 Å². The zero-order valence-electron chi connectivity index (χ0n) is 11.2. The minimum Gasteiger partial charge on any atom is -0.488 e. The summed E-state index contributed by atoms with van der Waals surface area (Å²) in [5, 5.41) is 0. The van der Waals surface area contributed by atoms with Crippen molar-refractivity contribution in [1.29, 1.82) is 0 Å². The number of benzene rings is 1. The highest BCUT2D eigenvalue weighted by atomic mass is 16.5. The molecule has 0 saturated carbocycles. The molecule has 1 aromatic rings. The molecule has 0 spiro atoms. The second kappa shape index (κ2) is 5.69. The molecule has 4 nitrogen and oxygen atoms in total. The van der Waals surface area contributed by atoms with Crippen LogP contribution in [0.15, 0.2) is 23.8 Å². The van der Waals surface area contributed by atoms with Crippen LogP contribution in [0.25, 0.3) is 5.57 Å². The average molecular weight is 259 g/mol. The minimum atomic E-state index is 0.159. The molecule has 4 heteroatoms. The van der Waals surface area contributed by atoms with E-state index >= 15 is 0 Å². The number of allylic oxidation sites excluding steroid dienone is 1. The zero-order valence-corrected chi connectivity index (χ0v) is 11.2. The summed E-state index contributed by atoms with van der Waals surface area (Å²) < 4.78 is 5.56. The highest BCUT2D eigenvalue weighted by Crippen LogP contribution is 2.34. The molecule has 0 bridgehead atoms. The van der Waals surface area contributed by atoms with Gasteiger partial charge in [-0.2, -0.15) is 0 Å². The molecule has 0 aliphatic carbocycles. The van der Waals surface area contributed by atoms with Crippen LogP contribution in [0.2, 0.25) is 0 Å². The van der Waals surface area contributed by atoms with Crippen molar-refractivity contribution < 1.29 is 14.3 Å². The van der Waals surface area contributed by atoms with Crippen LogP contribution in [0.1, 0.15) is 19.4 Å². The predicted octanol–water partition coefficient (Wildman–Crippen LogP) is 2.08. The number of aldehydes is 2. The molecule has 0 unspecified atom stereocenters. The quantitative estimate of drug-likeness (QED) is 0.759. The van der Waals surface area contributed by atoms with E-state index in [0.717, 1.165) is 25.1 Å². The van der Waals surface area contributed by atoms with Crippen LogP contribution >= 0.6 is 0 Å². The van der Waals surface area contributed by atoms with Gasteiger partial charge in [-0.3, -0.25) is 9.59 Å². The largest absolute Gasteiger partial charge is 0.488 e. The lowest BCUT2D eigenvalue weighted by atomic mass is 9.98. The van der Waals surface area contributed by atoms with Gasteiger partial charge in [-0.15, -0.1) is 0 Å². The number of carbonyl (C=O) groups excluding carboxylic acids is 2. The van der Waals surface area contributed by atoms with Gasteiger partial charge in [0.15, 0.2) is 6.29 Å². The summed E-state index contributed by atoms with van der Waals surface area (Å²) in [6.07, 6.45) is 1.41. The predicted molar refractivity (Wildman–Crippen MR) is 74.5 cm³/mol. The van der Waals surface area contributed by atoms with Gasteiger partial charge in [0, 0.05) is 41.6 Å². The number of rotatable bonds is 5. The Morgan fingerprint density at radius 2 is 1.95 bits per heavy atom. The van der Waals surface area contributed by atoms with Gasteiger partial charge in [-0.25, -0.2) is 0 Å². The Morgan fingerprint density at radius 3 is 2.53 bits per heavy atom. The van der Waals surface area contributed by atoms with Crippen molar-refractivity contribution in [2.45, 2.75) is 13.8 Å². The number of hydrogen-bond donors (Lipinski definition) is 0. The van der Waals surface area contributed by atoms with Gasteiger partial charge in [0.25, 0.3) is 0 Å². The van der Waals surface area contributed by atoms with Gasteiger partial charge in [0.1, 0.15) is 18.6 Å². The van der Waals surface area contributed by atoms with E-state index < -0.39 is 0 Å². The first-order chi connectivity index (χ1) is 9.24. The first kappa shape index (κ1) is 13.3. The fraction of sp³-hybridized carbons (Fsp3) is 0.333. The highest BCUT2D eigenvalue weighted by molar-refractivity contribution is 6.15. The summed E-state index contributed by atoms with van der Waals surface area (Å²) in [5.41, 5.74) is 2.59. The smallest absolute Gasteiger partial charge is 0.151 e. The molecule has 100 valence electrons. The number of fused-ring (bicyclic) bond motifs is 1. The van der Waals surface area contributed by atoms with Gasteiger partial charge >= 0.3 is 0 Å². The fourth-order valence-corrected chi connectivity index (χ4v) is 2.28. The van der Waals surface area contributed by atoms with Gasteiger partial charge < -0.3 is 9.64 Å². The Bertz CT molecular complexity index is 530. The van der Waals surface area contributed by atoms with E-state index in [9.17, 15) is 9.59 Å². The Kier molecular flexibility index (Phi) is 4.00. The van der Waals surface area contributed by atoms with Crippen molar-refractivity contribution >= 4 is 23.8 Å². The molecule has 19 heavy (non-hydrogen) atoms. The molecular formula is C15H17NO3. The Balaban J connectivity index is 2.46. The molecular weight excluding hydrogens is 242 g/mol. The molecule has 0 radical (unpaired) electrons. The lowest BCUT2D eigenvalue weighted by molar-refractivity contribution is -0.106. The molecule has 0 N–H and O–H groups in total. The molecule has 0 amide bonds. The topological polar surface area (TPSA) is 46.6 Å². The lowest BCUT2D eigenvalue weighted by Gasteiger charge is -2.24. The minimum absolute atomic E-state index is 0.159. The number of nitrogens with zero attached hydrogens (tertiary/aromatic N) is 1. The van der Waals surface area contributed by atoms with E-state index in [4.69, 9.17) is 4.74 Å². The maximum atomic E-state index is 11.1. The third-order valence-corrected chi connectivity index (χ3v) is 3.37. The molecule has 1 aromatic carbocycles. The maximum Gasteiger partial charge on any atom is 0.151 e. The summed E-state index contributed by atoms with van der Waals surface area (Å²) in [4.78, 5) is 24.2. The van der Waals surface area contributed by atoms with Gasteiger partial charge in [-0.05, 0) is 26.0 Å². The number of carbonyl (C=O) groups is 2. The molecule has 0 aromatic heterocycles. The number of ether oxygens (including phenoxy) is 1. The number of anilines is 1. The van der Waals surface area contributed by atoms with Gasteiger partial charge in [-0.1, -0.05) is 0 Å². The van der Waals surface area contributed by atoms with Crippen LogP contribution in [0.5, 0.6) is 5.75 Å². The summed E-state index contributed by atoms with van der Waals surface area (Å²) in [5.74, 6) is 0.664. The van der Waals surface area contributed by atoms with E-state index in [1.54, 1.807) is 0 Å². The van der Waals surface area contributed by atoms with Crippen molar-refractivity contribution in [2.24, 2.45) is 0 Å². The van der Waals surface area contributed by atoms with Crippen molar-refractivity contribution in [1.82, 2.24) is 0 Å². The van der Waals surface area contributed by atoms with E-state index in [1.807, 2.05) is 18.2 Å². The molecule has 0 fully saturated rings. The zero-order chi connectivity index (χ0) is 13.8. The molecule has 1 aliphatic rings. The third kappa shape index (κ3) is 2.38. The fourth-order valence-electron chi connectivity index (χ4n) is 2.28. The van der Waals surface area contributed by atoms with E-state index in [2.05, 4.69) is 18.7 Å². The van der Waals surface area contributed by atoms with Crippen molar-refractivity contribution in [3.8, 4) is 5.75 Å². The van der Waals surface area contributed by atoms with Crippen molar-refractivity contribution in [2.75, 3.05) is 24.6 Å². The van der Waals surface area contributed by atoms with Crippen molar-refractivity contribution in [3.63, 3.8) is 0 Å². The SMILES string of the molecule is CCN(CC)c1ccc2c(c1)OCC(C=O)=C2C=O. The summed E-state index contributed by atoms with van der Waals surface area (Å²) in [6, 6.07) is 5.72. The first-order valence-electron chi connectivity index (χ1n) is 6.40. The Morgan fingerprint density at radius 1 is 1.21 bits per heavy atom.